The van der Waals surface area contributed by atoms with E-state index in [2.05, 4.69) is 19.2 Å². The quantitative estimate of drug-likeness (QED) is 0.640. The second-order valence-electron chi connectivity index (χ2n) is 5.78. The minimum atomic E-state index is -0.380. The number of carbonyl (C=O) groups excluding carboxylic acids is 2. The first-order chi connectivity index (χ1) is 10.0. The van der Waals surface area contributed by atoms with Crippen LogP contribution in [0.3, 0.4) is 0 Å². The molecular weight excluding hydrogens is 272 g/mol. The molecule has 1 aliphatic heterocycles. The van der Waals surface area contributed by atoms with E-state index in [1.54, 1.807) is 12.0 Å². The Balaban J connectivity index is 2.40. The Morgan fingerprint density at radius 2 is 2.05 bits per heavy atom. The normalized spacial score (nSPS) is 19.8. The van der Waals surface area contributed by atoms with Crippen LogP contribution in [-0.4, -0.2) is 62.8 Å². The van der Waals surface area contributed by atoms with Gasteiger partial charge in [0.05, 0.1) is 13.2 Å². The monoisotopic (exact) mass is 300 g/mol. The largest absolute Gasteiger partial charge is 0.382 e. The summed E-state index contributed by atoms with van der Waals surface area (Å²) in [6.07, 6.45) is 1.84. The number of nitrogens with one attached hydrogen (secondary N) is 1. The lowest BCUT2D eigenvalue weighted by atomic mass is 10.0. The van der Waals surface area contributed by atoms with Gasteiger partial charge < -0.3 is 19.7 Å². The van der Waals surface area contributed by atoms with E-state index in [4.69, 9.17) is 9.47 Å². The smallest absolute Gasteiger partial charge is 0.245 e. The third kappa shape index (κ3) is 6.91. The van der Waals surface area contributed by atoms with Crippen LogP contribution in [0.2, 0.25) is 0 Å². The Morgan fingerprint density at radius 1 is 1.29 bits per heavy atom. The summed E-state index contributed by atoms with van der Waals surface area (Å²) in [4.78, 5) is 25.9. The van der Waals surface area contributed by atoms with E-state index in [1.807, 2.05) is 0 Å². The number of hydrogen-bond acceptors (Lipinski definition) is 4. The Labute approximate surface area is 127 Å². The van der Waals surface area contributed by atoms with Crippen molar-refractivity contribution in [1.82, 2.24) is 10.2 Å². The summed E-state index contributed by atoms with van der Waals surface area (Å²) in [5.74, 6) is 0.371. The number of rotatable bonds is 9. The molecule has 0 aromatic carbocycles. The number of ether oxygens (including phenoxy) is 2. The van der Waals surface area contributed by atoms with Crippen LogP contribution in [-0.2, 0) is 19.1 Å². The van der Waals surface area contributed by atoms with Crippen LogP contribution in [0, 0.1) is 5.92 Å². The predicted octanol–water partition coefficient (Wildman–Crippen LogP) is 0.803. The van der Waals surface area contributed by atoms with E-state index in [9.17, 15) is 9.59 Å². The summed E-state index contributed by atoms with van der Waals surface area (Å²) in [6, 6.07) is -0.380. The van der Waals surface area contributed by atoms with Crippen molar-refractivity contribution in [3.63, 3.8) is 0 Å². The van der Waals surface area contributed by atoms with Gasteiger partial charge in [0.2, 0.25) is 11.8 Å². The second-order valence-corrected chi connectivity index (χ2v) is 5.78. The van der Waals surface area contributed by atoms with Gasteiger partial charge in [0.1, 0.15) is 6.04 Å². The van der Waals surface area contributed by atoms with Gasteiger partial charge in [0.25, 0.3) is 0 Å². The Bertz CT molecular complexity index is 334. The van der Waals surface area contributed by atoms with Crippen molar-refractivity contribution in [1.29, 1.82) is 0 Å². The molecule has 1 heterocycles. The molecule has 0 aromatic heterocycles. The molecule has 1 atom stereocenters. The van der Waals surface area contributed by atoms with Gasteiger partial charge in [-0.05, 0) is 18.8 Å². The highest BCUT2D eigenvalue weighted by molar-refractivity contribution is 5.89. The van der Waals surface area contributed by atoms with E-state index in [1.165, 1.54) is 0 Å². The first kappa shape index (κ1) is 17.9. The zero-order chi connectivity index (χ0) is 15.7. The van der Waals surface area contributed by atoms with Crippen molar-refractivity contribution in [2.75, 3.05) is 40.0 Å². The average Bonchev–Trinajstić information content (AvgIpc) is 2.55. The molecule has 0 spiro atoms. The topological polar surface area (TPSA) is 67.9 Å². The van der Waals surface area contributed by atoms with Crippen LogP contribution in [0.4, 0.5) is 0 Å². The molecule has 0 aliphatic carbocycles. The van der Waals surface area contributed by atoms with Crippen molar-refractivity contribution in [3.8, 4) is 0 Å². The molecule has 6 heteroatoms. The lowest BCUT2D eigenvalue weighted by Crippen LogP contribution is -2.45. The van der Waals surface area contributed by atoms with Crippen molar-refractivity contribution in [2.24, 2.45) is 5.92 Å². The van der Waals surface area contributed by atoms with Gasteiger partial charge in [-0.2, -0.15) is 0 Å². The van der Waals surface area contributed by atoms with Crippen LogP contribution in [0.1, 0.15) is 33.1 Å². The molecule has 1 aliphatic rings. The molecule has 1 rings (SSSR count). The van der Waals surface area contributed by atoms with E-state index in [-0.39, 0.29) is 17.9 Å². The van der Waals surface area contributed by atoms with Gasteiger partial charge in [-0.25, -0.2) is 0 Å². The average molecular weight is 300 g/mol. The molecule has 6 nitrogen and oxygen atoms in total. The van der Waals surface area contributed by atoms with Crippen molar-refractivity contribution in [2.45, 2.75) is 39.2 Å². The summed E-state index contributed by atoms with van der Waals surface area (Å²) in [6.45, 7) is 6.99. The molecule has 1 saturated heterocycles. The molecule has 1 unspecified atom stereocenters. The molecule has 0 bridgehead atoms. The number of methoxy groups -OCH3 is 1. The van der Waals surface area contributed by atoms with Crippen LogP contribution >= 0.6 is 0 Å². The van der Waals surface area contributed by atoms with Crippen LogP contribution in [0.15, 0.2) is 0 Å². The van der Waals surface area contributed by atoms with Crippen molar-refractivity contribution in [3.05, 3.63) is 0 Å². The van der Waals surface area contributed by atoms with Gasteiger partial charge in [-0.15, -0.1) is 0 Å². The van der Waals surface area contributed by atoms with E-state index >= 15 is 0 Å². The lowest BCUT2D eigenvalue weighted by Gasteiger charge is -2.25. The maximum absolute atomic E-state index is 12.4. The van der Waals surface area contributed by atoms with E-state index in [0.717, 1.165) is 6.42 Å². The highest BCUT2D eigenvalue weighted by atomic mass is 16.5. The summed E-state index contributed by atoms with van der Waals surface area (Å²) < 4.78 is 10.3. The van der Waals surface area contributed by atoms with Gasteiger partial charge in [-0.1, -0.05) is 13.8 Å². The van der Waals surface area contributed by atoms with Gasteiger partial charge >= 0.3 is 0 Å². The molecule has 1 fully saturated rings. The van der Waals surface area contributed by atoms with Crippen molar-refractivity contribution >= 4 is 11.8 Å². The minimum absolute atomic E-state index is 0.0337. The number of nitrogens with zero attached hydrogens (tertiary/aromatic N) is 1. The minimum Gasteiger partial charge on any atom is -0.382 e. The fraction of sp³-hybridized carbons (Fsp3) is 0.867. The highest BCUT2D eigenvalue weighted by Gasteiger charge is 2.29. The highest BCUT2D eigenvalue weighted by Crippen LogP contribution is 2.12. The standard InChI is InChI=1S/C15H28N2O4/c1-12(2)11-13-15(19)17(7-5-14(18)16-13)6-4-8-21-10-9-20-3/h12-13H,4-11H2,1-3H3,(H,16,18). The van der Waals surface area contributed by atoms with Crippen LogP contribution < -0.4 is 5.32 Å². The molecule has 1 N–H and O–H groups in total. The summed E-state index contributed by atoms with van der Waals surface area (Å²) in [7, 11) is 1.64. The second kappa shape index (κ2) is 9.73. The van der Waals surface area contributed by atoms with Crippen LogP contribution in [0.5, 0.6) is 0 Å². The first-order valence-corrected chi connectivity index (χ1v) is 7.69. The Kier molecular flexibility index (Phi) is 8.30. The first-order valence-electron chi connectivity index (χ1n) is 7.69. The van der Waals surface area contributed by atoms with Crippen molar-refractivity contribution < 1.29 is 19.1 Å². The third-order valence-electron chi connectivity index (χ3n) is 3.41. The maximum atomic E-state index is 12.4. The lowest BCUT2D eigenvalue weighted by molar-refractivity contribution is -0.134. The predicted molar refractivity (Wildman–Crippen MR) is 79.9 cm³/mol. The zero-order valence-electron chi connectivity index (χ0n) is 13.4. The summed E-state index contributed by atoms with van der Waals surface area (Å²) >= 11 is 0. The number of amides is 2. The van der Waals surface area contributed by atoms with Crippen LogP contribution in [0.25, 0.3) is 0 Å². The summed E-state index contributed by atoms with van der Waals surface area (Å²) in [5.41, 5.74) is 0. The zero-order valence-corrected chi connectivity index (χ0v) is 13.4. The Morgan fingerprint density at radius 3 is 2.71 bits per heavy atom. The number of carbonyl (C=O) groups is 2. The molecule has 21 heavy (non-hydrogen) atoms. The number of hydrogen-bond donors (Lipinski definition) is 1. The third-order valence-corrected chi connectivity index (χ3v) is 3.41. The Hall–Kier alpha value is -1.14. The maximum Gasteiger partial charge on any atom is 0.245 e. The fourth-order valence-corrected chi connectivity index (χ4v) is 2.35. The van der Waals surface area contributed by atoms with E-state index in [0.29, 0.717) is 51.7 Å². The van der Waals surface area contributed by atoms with Gasteiger partial charge in [-0.3, -0.25) is 9.59 Å². The van der Waals surface area contributed by atoms with E-state index < -0.39 is 0 Å². The summed E-state index contributed by atoms with van der Waals surface area (Å²) in [5, 5.41) is 2.83. The van der Waals surface area contributed by atoms with Gasteiger partial charge in [0.15, 0.2) is 0 Å². The fourth-order valence-electron chi connectivity index (χ4n) is 2.35. The molecular formula is C15H28N2O4. The molecule has 0 aromatic rings. The SMILES string of the molecule is COCCOCCCN1CCC(=O)NC(CC(C)C)C1=O. The molecule has 122 valence electrons. The molecule has 0 saturated carbocycles. The molecule has 0 radical (unpaired) electrons. The molecule has 2 amide bonds. The van der Waals surface area contributed by atoms with Gasteiger partial charge in [0, 0.05) is 33.2 Å².